The van der Waals surface area contributed by atoms with Gasteiger partial charge in [-0.3, -0.25) is 4.72 Å². The van der Waals surface area contributed by atoms with Crippen molar-refractivity contribution >= 4 is 27.4 Å². The highest BCUT2D eigenvalue weighted by Crippen LogP contribution is 2.30. The van der Waals surface area contributed by atoms with E-state index in [2.05, 4.69) is 9.62 Å². The van der Waals surface area contributed by atoms with E-state index in [1.807, 2.05) is 33.8 Å². The van der Waals surface area contributed by atoms with Crippen molar-refractivity contribution in [3.8, 4) is 0 Å². The summed E-state index contributed by atoms with van der Waals surface area (Å²) in [7, 11) is -3.86. The quantitative estimate of drug-likeness (QED) is 0.646. The van der Waals surface area contributed by atoms with E-state index in [-0.39, 0.29) is 16.1 Å². The smallest absolute Gasteiger partial charge is 0.335 e. The topological polar surface area (TPSA) is 86.7 Å². The molecular formula is C21H28N2O4S. The number of nitrogens with one attached hydrogen (secondary N) is 1. The number of rotatable bonds is 9. The standard InChI is InChI=1S/C21H28N2O4S/c1-5-9-23(10-6-2)20-8-7-17(21(24)25)14-19(20)22-28(26,27)18-12-15(3)11-16(4)13-18/h7-8,11-14,22H,5-6,9-10H2,1-4H3,(H,24,25). The number of carboxylic acids is 1. The van der Waals surface area contributed by atoms with Crippen molar-refractivity contribution in [2.24, 2.45) is 0 Å². The van der Waals surface area contributed by atoms with Crippen molar-refractivity contribution in [2.75, 3.05) is 22.7 Å². The number of nitrogens with zero attached hydrogens (tertiary/aromatic N) is 1. The summed E-state index contributed by atoms with van der Waals surface area (Å²) in [5.41, 5.74) is 2.69. The second-order valence-electron chi connectivity index (χ2n) is 6.95. The lowest BCUT2D eigenvalue weighted by atomic mass is 10.1. The summed E-state index contributed by atoms with van der Waals surface area (Å²) in [5.74, 6) is -1.10. The average Bonchev–Trinajstić information content (AvgIpc) is 2.60. The summed E-state index contributed by atoms with van der Waals surface area (Å²) < 4.78 is 28.6. The van der Waals surface area contributed by atoms with Crippen LogP contribution in [0, 0.1) is 13.8 Å². The van der Waals surface area contributed by atoms with Crippen LogP contribution >= 0.6 is 0 Å². The summed E-state index contributed by atoms with van der Waals surface area (Å²) in [5, 5.41) is 9.34. The molecule has 7 heteroatoms. The molecule has 0 aromatic heterocycles. The molecule has 2 N–H and O–H groups in total. The van der Waals surface area contributed by atoms with Crippen LogP contribution in [0.25, 0.3) is 0 Å². The Hall–Kier alpha value is -2.54. The number of hydrogen-bond acceptors (Lipinski definition) is 4. The fraction of sp³-hybridized carbons (Fsp3) is 0.381. The molecule has 0 fully saturated rings. The third-order valence-electron chi connectivity index (χ3n) is 4.32. The van der Waals surface area contributed by atoms with Gasteiger partial charge < -0.3 is 10.0 Å². The summed E-state index contributed by atoms with van der Waals surface area (Å²) in [4.78, 5) is 13.7. The summed E-state index contributed by atoms with van der Waals surface area (Å²) in [6.45, 7) is 9.28. The fourth-order valence-electron chi connectivity index (χ4n) is 3.21. The van der Waals surface area contributed by atoms with Crippen LogP contribution in [0.3, 0.4) is 0 Å². The van der Waals surface area contributed by atoms with E-state index in [0.29, 0.717) is 5.69 Å². The molecule has 0 saturated heterocycles. The Morgan fingerprint density at radius 3 is 2.07 bits per heavy atom. The summed E-state index contributed by atoms with van der Waals surface area (Å²) >= 11 is 0. The van der Waals surface area contributed by atoms with E-state index in [9.17, 15) is 18.3 Å². The highest BCUT2D eigenvalue weighted by Gasteiger charge is 2.20. The molecule has 0 aliphatic heterocycles. The van der Waals surface area contributed by atoms with Gasteiger partial charge >= 0.3 is 5.97 Å². The molecule has 0 amide bonds. The van der Waals surface area contributed by atoms with E-state index in [1.165, 1.54) is 12.1 Å². The van der Waals surface area contributed by atoms with Gasteiger partial charge in [0.25, 0.3) is 10.0 Å². The lowest BCUT2D eigenvalue weighted by molar-refractivity contribution is 0.0697. The first-order valence-electron chi connectivity index (χ1n) is 9.41. The molecule has 152 valence electrons. The molecule has 2 aromatic carbocycles. The van der Waals surface area contributed by atoms with Gasteiger partial charge in [0.2, 0.25) is 0 Å². The zero-order valence-electron chi connectivity index (χ0n) is 16.8. The summed E-state index contributed by atoms with van der Waals surface area (Å²) in [6.07, 6.45) is 1.79. The van der Waals surface area contributed by atoms with Crippen molar-refractivity contribution in [1.29, 1.82) is 0 Å². The zero-order chi connectivity index (χ0) is 20.9. The van der Waals surface area contributed by atoms with Crippen molar-refractivity contribution in [3.05, 3.63) is 53.1 Å². The molecule has 0 bridgehead atoms. The maximum atomic E-state index is 13.0. The van der Waals surface area contributed by atoms with Crippen LogP contribution in [0.4, 0.5) is 11.4 Å². The number of benzene rings is 2. The molecule has 0 heterocycles. The van der Waals surface area contributed by atoms with Crippen LogP contribution in [0.1, 0.15) is 48.2 Å². The first-order chi connectivity index (χ1) is 13.2. The number of sulfonamides is 1. The molecule has 0 aliphatic carbocycles. The van der Waals surface area contributed by atoms with Crippen molar-refractivity contribution in [2.45, 2.75) is 45.4 Å². The van der Waals surface area contributed by atoms with Gasteiger partial charge in [0.15, 0.2) is 0 Å². The minimum absolute atomic E-state index is 0.0369. The molecule has 0 aliphatic rings. The van der Waals surface area contributed by atoms with Gasteiger partial charge in [-0.15, -0.1) is 0 Å². The first-order valence-corrected chi connectivity index (χ1v) is 10.9. The minimum atomic E-state index is -3.86. The molecule has 0 atom stereocenters. The Kier molecular flexibility index (Phi) is 7.07. The molecule has 2 aromatic rings. The molecular weight excluding hydrogens is 376 g/mol. The van der Waals surface area contributed by atoms with E-state index in [0.717, 1.165) is 37.1 Å². The van der Waals surface area contributed by atoms with Crippen molar-refractivity contribution in [3.63, 3.8) is 0 Å². The third-order valence-corrected chi connectivity index (χ3v) is 5.67. The maximum absolute atomic E-state index is 13.0. The van der Waals surface area contributed by atoms with E-state index in [1.54, 1.807) is 18.2 Å². The molecule has 28 heavy (non-hydrogen) atoms. The molecule has 6 nitrogen and oxygen atoms in total. The SMILES string of the molecule is CCCN(CCC)c1ccc(C(=O)O)cc1NS(=O)(=O)c1cc(C)cc(C)c1. The second-order valence-corrected chi connectivity index (χ2v) is 8.64. The second kappa shape index (κ2) is 9.10. The fourth-order valence-corrected chi connectivity index (χ4v) is 4.46. The predicted molar refractivity (Wildman–Crippen MR) is 113 cm³/mol. The van der Waals surface area contributed by atoms with Crippen molar-refractivity contribution < 1.29 is 18.3 Å². The number of carbonyl (C=O) groups is 1. The van der Waals surface area contributed by atoms with E-state index >= 15 is 0 Å². The summed E-state index contributed by atoms with van der Waals surface area (Å²) in [6, 6.07) is 9.67. The lowest BCUT2D eigenvalue weighted by Crippen LogP contribution is -2.27. The van der Waals surface area contributed by atoms with E-state index < -0.39 is 16.0 Å². The molecule has 2 rings (SSSR count). The van der Waals surface area contributed by atoms with Gasteiger partial charge in [0.1, 0.15) is 0 Å². The van der Waals surface area contributed by atoms with Crippen LogP contribution in [0.5, 0.6) is 0 Å². The van der Waals surface area contributed by atoms with Crippen LogP contribution in [0.2, 0.25) is 0 Å². The Balaban J connectivity index is 2.54. The lowest BCUT2D eigenvalue weighted by Gasteiger charge is -2.27. The number of aryl methyl sites for hydroxylation is 2. The average molecular weight is 405 g/mol. The number of anilines is 2. The highest BCUT2D eigenvalue weighted by atomic mass is 32.2. The first kappa shape index (κ1) is 21.8. The van der Waals surface area contributed by atoms with Crippen LogP contribution in [-0.4, -0.2) is 32.6 Å². The largest absolute Gasteiger partial charge is 0.478 e. The van der Waals surface area contributed by atoms with Gasteiger partial charge in [-0.2, -0.15) is 0 Å². The van der Waals surface area contributed by atoms with Gasteiger partial charge in [0, 0.05) is 13.1 Å². The normalized spacial score (nSPS) is 11.3. The Morgan fingerprint density at radius 1 is 1.00 bits per heavy atom. The third kappa shape index (κ3) is 5.25. The molecule has 0 radical (unpaired) electrons. The van der Waals surface area contributed by atoms with Gasteiger partial charge in [-0.25, -0.2) is 13.2 Å². The van der Waals surface area contributed by atoms with Gasteiger partial charge in [0.05, 0.1) is 21.8 Å². The molecule has 0 spiro atoms. The van der Waals surface area contributed by atoms with Gasteiger partial charge in [-0.1, -0.05) is 19.9 Å². The Labute approximate surface area is 167 Å². The zero-order valence-corrected chi connectivity index (χ0v) is 17.6. The van der Waals surface area contributed by atoms with Crippen LogP contribution in [-0.2, 0) is 10.0 Å². The van der Waals surface area contributed by atoms with Gasteiger partial charge in [-0.05, 0) is 68.1 Å². The monoisotopic (exact) mass is 404 g/mol. The number of hydrogen-bond donors (Lipinski definition) is 2. The maximum Gasteiger partial charge on any atom is 0.335 e. The molecule has 0 saturated carbocycles. The number of carboxylic acid groups (broad SMARTS) is 1. The minimum Gasteiger partial charge on any atom is -0.478 e. The van der Waals surface area contributed by atoms with Crippen LogP contribution in [0.15, 0.2) is 41.3 Å². The predicted octanol–water partition coefficient (Wildman–Crippen LogP) is 4.43. The Morgan fingerprint density at radius 2 is 1.57 bits per heavy atom. The number of aromatic carboxylic acids is 1. The van der Waals surface area contributed by atoms with Crippen LogP contribution < -0.4 is 9.62 Å². The Bertz CT molecular complexity index is 929. The molecule has 0 unspecified atom stereocenters. The van der Waals surface area contributed by atoms with E-state index in [4.69, 9.17) is 0 Å². The highest BCUT2D eigenvalue weighted by molar-refractivity contribution is 7.92. The van der Waals surface area contributed by atoms with Crippen molar-refractivity contribution in [1.82, 2.24) is 0 Å².